The van der Waals surface area contributed by atoms with E-state index in [0.717, 1.165) is 34.0 Å². The molecule has 1 saturated heterocycles. The molecule has 1 atom stereocenters. The minimum absolute atomic E-state index is 0.0588. The van der Waals surface area contributed by atoms with Crippen LogP contribution in [0.25, 0.3) is 10.2 Å². The molecule has 11 heteroatoms. The Kier molecular flexibility index (Phi) is 7.19. The van der Waals surface area contributed by atoms with Crippen molar-refractivity contribution in [3.8, 4) is 5.75 Å². The van der Waals surface area contributed by atoms with Crippen LogP contribution in [0.5, 0.6) is 5.75 Å². The summed E-state index contributed by atoms with van der Waals surface area (Å²) < 4.78 is 40.2. The molecule has 1 aliphatic rings. The van der Waals surface area contributed by atoms with Crippen LogP contribution in [0.3, 0.4) is 0 Å². The number of nitrogens with one attached hydrogen (secondary N) is 2. The number of thioether (sulfide) groups is 1. The number of nitrogens with zero attached hydrogens (tertiary/aromatic N) is 1. The summed E-state index contributed by atoms with van der Waals surface area (Å²) in [5, 5.41) is 2.89. The normalized spacial score (nSPS) is 16.2. The Morgan fingerprint density at radius 1 is 1.31 bits per heavy atom. The second-order valence-corrected chi connectivity index (χ2v) is 11.1. The highest BCUT2D eigenvalue weighted by Gasteiger charge is 2.18. The predicted octanol–water partition coefficient (Wildman–Crippen LogP) is 3.49. The number of benzene rings is 2. The first-order valence-corrected chi connectivity index (χ1v) is 13.3. The highest BCUT2D eigenvalue weighted by molar-refractivity contribution is 8.01. The van der Waals surface area contributed by atoms with Crippen molar-refractivity contribution in [2.75, 3.05) is 30.7 Å². The van der Waals surface area contributed by atoms with E-state index >= 15 is 0 Å². The van der Waals surface area contributed by atoms with Gasteiger partial charge < -0.3 is 14.8 Å². The minimum Gasteiger partial charge on any atom is -0.497 e. The van der Waals surface area contributed by atoms with E-state index in [1.54, 1.807) is 30.3 Å². The second-order valence-electron chi connectivity index (χ2n) is 7.17. The summed E-state index contributed by atoms with van der Waals surface area (Å²) in [6.45, 7) is 1.30. The number of carbonyl (C=O) groups is 1. The third-order valence-electron chi connectivity index (χ3n) is 4.85. The summed E-state index contributed by atoms with van der Waals surface area (Å²) >= 11 is 2.78. The lowest BCUT2D eigenvalue weighted by molar-refractivity contribution is -0.119. The largest absolute Gasteiger partial charge is 0.497 e. The summed E-state index contributed by atoms with van der Waals surface area (Å²) in [5.74, 6) is 0.672. The molecule has 1 fully saturated rings. The van der Waals surface area contributed by atoms with Crippen LogP contribution in [0.15, 0.2) is 51.7 Å². The zero-order chi connectivity index (χ0) is 22.6. The van der Waals surface area contributed by atoms with E-state index in [2.05, 4.69) is 15.0 Å². The quantitative estimate of drug-likeness (QED) is 0.440. The Balaban J connectivity index is 1.38. The molecule has 0 saturated carbocycles. The minimum atomic E-state index is -3.76. The summed E-state index contributed by atoms with van der Waals surface area (Å²) in [6.07, 6.45) is 2.14. The first kappa shape index (κ1) is 22.8. The van der Waals surface area contributed by atoms with Gasteiger partial charge in [0.2, 0.25) is 5.91 Å². The topological polar surface area (TPSA) is 107 Å². The fraction of sp³-hybridized carbons (Fsp3) is 0.333. The van der Waals surface area contributed by atoms with Crippen LogP contribution in [0.2, 0.25) is 0 Å². The third kappa shape index (κ3) is 5.71. The lowest BCUT2D eigenvalue weighted by atomic mass is 10.2. The van der Waals surface area contributed by atoms with Gasteiger partial charge in [-0.3, -0.25) is 9.52 Å². The van der Waals surface area contributed by atoms with Crippen molar-refractivity contribution in [3.05, 3.63) is 42.5 Å². The Labute approximate surface area is 194 Å². The number of fused-ring (bicyclic) bond motifs is 1. The number of rotatable bonds is 9. The van der Waals surface area contributed by atoms with Crippen molar-refractivity contribution in [2.24, 2.45) is 0 Å². The lowest BCUT2D eigenvalue weighted by Gasteiger charge is -2.09. The number of sulfonamides is 1. The van der Waals surface area contributed by atoms with E-state index in [4.69, 9.17) is 9.47 Å². The van der Waals surface area contributed by atoms with Crippen LogP contribution in [0.1, 0.15) is 12.8 Å². The average molecular weight is 494 g/mol. The molecule has 0 aliphatic carbocycles. The Morgan fingerprint density at radius 2 is 2.19 bits per heavy atom. The van der Waals surface area contributed by atoms with Gasteiger partial charge in [-0.25, -0.2) is 13.4 Å². The molecule has 2 heterocycles. The van der Waals surface area contributed by atoms with Crippen molar-refractivity contribution in [1.82, 2.24) is 10.3 Å². The number of amides is 1. The molecule has 0 radical (unpaired) electrons. The molecule has 170 valence electrons. The first-order valence-electron chi connectivity index (χ1n) is 10.0. The van der Waals surface area contributed by atoms with Crippen molar-refractivity contribution < 1.29 is 22.7 Å². The van der Waals surface area contributed by atoms with Gasteiger partial charge in [0.05, 0.1) is 39.8 Å². The summed E-state index contributed by atoms with van der Waals surface area (Å²) in [5.41, 5.74) is 1.19. The van der Waals surface area contributed by atoms with Crippen LogP contribution >= 0.6 is 23.1 Å². The molecule has 2 N–H and O–H groups in total. The molecule has 3 aromatic rings. The number of aromatic nitrogens is 1. The smallest absolute Gasteiger partial charge is 0.262 e. The molecule has 4 rings (SSSR count). The van der Waals surface area contributed by atoms with E-state index in [0.29, 0.717) is 18.0 Å². The van der Waals surface area contributed by atoms with Gasteiger partial charge in [0.25, 0.3) is 10.0 Å². The molecule has 1 amide bonds. The molecule has 1 aromatic heterocycles. The second kappa shape index (κ2) is 10.1. The van der Waals surface area contributed by atoms with Crippen LogP contribution in [-0.4, -0.2) is 51.4 Å². The molecule has 2 aromatic carbocycles. The maximum Gasteiger partial charge on any atom is 0.262 e. The molecule has 0 spiro atoms. The average Bonchev–Trinajstić information content (AvgIpc) is 3.45. The number of carbonyl (C=O) groups excluding carboxylic acids is 1. The number of thiazole rings is 1. The molecule has 0 bridgehead atoms. The maximum absolute atomic E-state index is 12.7. The van der Waals surface area contributed by atoms with E-state index in [-0.39, 0.29) is 22.7 Å². The maximum atomic E-state index is 12.7. The first-order chi connectivity index (χ1) is 15.4. The van der Waals surface area contributed by atoms with E-state index < -0.39 is 10.0 Å². The molecular weight excluding hydrogens is 470 g/mol. The molecule has 32 heavy (non-hydrogen) atoms. The van der Waals surface area contributed by atoms with E-state index in [1.165, 1.54) is 42.3 Å². The summed E-state index contributed by atoms with van der Waals surface area (Å²) in [4.78, 5) is 16.7. The van der Waals surface area contributed by atoms with Crippen LogP contribution in [0.4, 0.5) is 5.69 Å². The van der Waals surface area contributed by atoms with Gasteiger partial charge in [0.1, 0.15) is 5.75 Å². The number of anilines is 1. The number of ether oxygens (including phenoxy) is 2. The van der Waals surface area contributed by atoms with Crippen LogP contribution in [0, 0.1) is 0 Å². The van der Waals surface area contributed by atoms with E-state index in [9.17, 15) is 13.2 Å². The standard InChI is InChI=1S/C21H23N3O5S3/c1-28-15-4-2-6-17(11-15)32(26,27)24-14-7-8-18-19(10-14)31-21(23-18)30-13-20(25)22-12-16-5-3-9-29-16/h2,4,6-8,10-11,16,24H,3,5,9,12-13H2,1H3,(H,22,25)/t16-/m1/s1. The van der Waals surface area contributed by atoms with Gasteiger partial charge >= 0.3 is 0 Å². The highest BCUT2D eigenvalue weighted by atomic mass is 32.2. The fourth-order valence-corrected chi connectivity index (χ4v) is 6.24. The number of hydrogen-bond acceptors (Lipinski definition) is 8. The van der Waals surface area contributed by atoms with Gasteiger partial charge in [-0.2, -0.15) is 0 Å². The van der Waals surface area contributed by atoms with Gasteiger partial charge in [-0.05, 0) is 43.2 Å². The monoisotopic (exact) mass is 493 g/mol. The summed E-state index contributed by atoms with van der Waals surface area (Å²) in [6, 6.07) is 11.5. The van der Waals surface area contributed by atoms with Gasteiger partial charge in [-0.1, -0.05) is 17.8 Å². The Bertz CT molecular complexity index is 1210. The van der Waals surface area contributed by atoms with Crippen molar-refractivity contribution >= 4 is 54.9 Å². The fourth-order valence-electron chi connectivity index (χ4n) is 3.22. The SMILES string of the molecule is COc1cccc(S(=O)(=O)Nc2ccc3nc(SCC(=O)NC[C@H]4CCCO4)sc3c2)c1. The zero-order valence-corrected chi connectivity index (χ0v) is 19.8. The molecular formula is C21H23N3O5S3. The van der Waals surface area contributed by atoms with Crippen molar-refractivity contribution in [1.29, 1.82) is 0 Å². The molecule has 1 aliphatic heterocycles. The third-order valence-corrected chi connectivity index (χ3v) is 8.39. The predicted molar refractivity (Wildman–Crippen MR) is 126 cm³/mol. The van der Waals surface area contributed by atoms with Gasteiger partial charge in [0, 0.05) is 19.2 Å². The van der Waals surface area contributed by atoms with Gasteiger partial charge in [0.15, 0.2) is 4.34 Å². The highest BCUT2D eigenvalue weighted by Crippen LogP contribution is 2.32. The zero-order valence-electron chi connectivity index (χ0n) is 17.4. The lowest BCUT2D eigenvalue weighted by Crippen LogP contribution is -2.32. The van der Waals surface area contributed by atoms with Crippen molar-refractivity contribution in [2.45, 2.75) is 28.2 Å². The number of hydrogen-bond donors (Lipinski definition) is 2. The van der Waals surface area contributed by atoms with Crippen LogP contribution < -0.4 is 14.8 Å². The molecule has 8 nitrogen and oxygen atoms in total. The molecule has 0 unspecified atom stereocenters. The number of methoxy groups -OCH3 is 1. The van der Waals surface area contributed by atoms with E-state index in [1.807, 2.05) is 0 Å². The Hall–Kier alpha value is -2.34. The van der Waals surface area contributed by atoms with Crippen molar-refractivity contribution in [3.63, 3.8) is 0 Å². The van der Waals surface area contributed by atoms with Crippen LogP contribution in [-0.2, 0) is 19.6 Å². The van der Waals surface area contributed by atoms with Gasteiger partial charge in [-0.15, -0.1) is 11.3 Å². The summed E-state index contributed by atoms with van der Waals surface area (Å²) in [7, 11) is -2.27. The Morgan fingerprint density at radius 3 is 2.97 bits per heavy atom.